The van der Waals surface area contributed by atoms with Crippen molar-refractivity contribution in [2.75, 3.05) is 26.3 Å². The Kier molecular flexibility index (Phi) is 14.8. The number of rotatable bonds is 16. The van der Waals surface area contributed by atoms with Crippen molar-refractivity contribution in [3.63, 3.8) is 0 Å². The fourth-order valence-electron chi connectivity index (χ4n) is 5.39. The van der Waals surface area contributed by atoms with Gasteiger partial charge in [-0.05, 0) is 47.7 Å². The van der Waals surface area contributed by atoms with Gasteiger partial charge in [0, 0.05) is 30.1 Å². The maximum absolute atomic E-state index is 13.3. The molecule has 3 atom stereocenters. The number of hydrogen-bond acceptors (Lipinski definition) is 10. The average molecular weight is 793 g/mol. The number of halogens is 2. The Morgan fingerprint density at radius 3 is 2.19 bits per heavy atom. The van der Waals surface area contributed by atoms with Gasteiger partial charge >= 0.3 is 18.0 Å². The second kappa shape index (κ2) is 19.0. The molecule has 3 aromatic carbocycles. The van der Waals surface area contributed by atoms with Crippen LogP contribution < -0.4 is 15.4 Å². The van der Waals surface area contributed by atoms with E-state index in [2.05, 4.69) is 10.6 Å². The van der Waals surface area contributed by atoms with E-state index in [1.807, 2.05) is 19.9 Å². The van der Waals surface area contributed by atoms with Gasteiger partial charge < -0.3 is 34.7 Å². The molecule has 14 nitrogen and oxygen atoms in total. The summed E-state index contributed by atoms with van der Waals surface area (Å²) in [5.74, 6) is -4.89. The number of ether oxygens (including phenoxy) is 3. The van der Waals surface area contributed by atoms with Crippen molar-refractivity contribution >= 4 is 63.5 Å². The Morgan fingerprint density at radius 2 is 1.58 bits per heavy atom. The summed E-state index contributed by atoms with van der Waals surface area (Å²) in [6, 6.07) is 14.5. The van der Waals surface area contributed by atoms with Crippen molar-refractivity contribution in [1.82, 2.24) is 14.9 Å². The minimum atomic E-state index is -4.11. The zero-order chi connectivity index (χ0) is 38.7. The first kappa shape index (κ1) is 41.2. The van der Waals surface area contributed by atoms with Gasteiger partial charge in [-0.1, -0.05) is 79.5 Å². The highest BCUT2D eigenvalue weighted by Crippen LogP contribution is 2.37. The van der Waals surface area contributed by atoms with Gasteiger partial charge in [-0.25, -0.2) is 18.0 Å². The predicted molar refractivity (Wildman–Crippen MR) is 193 cm³/mol. The van der Waals surface area contributed by atoms with E-state index < -0.39 is 57.0 Å². The van der Waals surface area contributed by atoms with Crippen LogP contribution in [0.2, 0.25) is 10.0 Å². The molecule has 1 heterocycles. The van der Waals surface area contributed by atoms with E-state index in [1.165, 1.54) is 40.7 Å². The number of amides is 2. The second-order valence-electron chi connectivity index (χ2n) is 12.5. The molecule has 17 heteroatoms. The van der Waals surface area contributed by atoms with Gasteiger partial charge in [0.1, 0.15) is 41.5 Å². The highest BCUT2D eigenvalue weighted by Gasteiger charge is 2.34. The highest BCUT2D eigenvalue weighted by atomic mass is 35.5. The molecule has 1 aliphatic heterocycles. The smallest absolute Gasteiger partial charge is 0.408 e. The molecule has 2 amide bonds. The molecule has 284 valence electrons. The van der Waals surface area contributed by atoms with Crippen molar-refractivity contribution < 1.29 is 51.7 Å². The molecule has 1 saturated heterocycles. The van der Waals surface area contributed by atoms with E-state index in [4.69, 9.17) is 37.4 Å². The molecule has 3 N–H and O–H groups in total. The van der Waals surface area contributed by atoms with Gasteiger partial charge in [-0.15, -0.1) is 0 Å². The number of carbonyl (C=O) groups is 5. The van der Waals surface area contributed by atoms with Crippen LogP contribution in [0.4, 0.5) is 4.79 Å². The lowest BCUT2D eigenvalue weighted by Crippen LogP contribution is -2.52. The molecule has 1 fully saturated rings. The Bertz CT molecular complexity index is 1890. The number of aliphatic carboxylic acids is 1. The number of nitrogens with zero attached hydrogens (tertiary/aromatic N) is 1. The summed E-state index contributed by atoms with van der Waals surface area (Å²) < 4.78 is 43.6. The topological polar surface area (TPSA) is 195 Å². The monoisotopic (exact) mass is 791 g/mol. The van der Waals surface area contributed by atoms with Crippen LogP contribution in [0.25, 0.3) is 0 Å². The number of esters is 1. The van der Waals surface area contributed by atoms with Crippen molar-refractivity contribution in [3.05, 3.63) is 93.5 Å². The first-order valence-electron chi connectivity index (χ1n) is 16.5. The third-order valence-corrected chi connectivity index (χ3v) is 10.9. The largest absolute Gasteiger partial charge is 0.480 e. The highest BCUT2D eigenvalue weighted by molar-refractivity contribution is 7.89. The van der Waals surface area contributed by atoms with Crippen LogP contribution in [0.15, 0.2) is 71.6 Å². The van der Waals surface area contributed by atoms with Gasteiger partial charge in [0.25, 0.3) is 0 Å². The maximum atomic E-state index is 13.3. The van der Waals surface area contributed by atoms with E-state index in [0.717, 1.165) is 5.56 Å². The van der Waals surface area contributed by atoms with E-state index >= 15 is 0 Å². The Balaban J connectivity index is 1.41. The number of morpholine rings is 1. The fourth-order valence-corrected chi connectivity index (χ4v) is 7.78. The number of carbonyl (C=O) groups excluding carboxylic acids is 4. The van der Waals surface area contributed by atoms with E-state index in [-0.39, 0.29) is 79.2 Å². The van der Waals surface area contributed by atoms with Gasteiger partial charge in [0.15, 0.2) is 0 Å². The van der Waals surface area contributed by atoms with Crippen LogP contribution in [0.3, 0.4) is 0 Å². The summed E-state index contributed by atoms with van der Waals surface area (Å²) in [4.78, 5) is 62.9. The molecule has 3 aromatic rings. The lowest BCUT2D eigenvalue weighted by molar-refractivity contribution is -0.142. The zero-order valence-electron chi connectivity index (χ0n) is 28.8. The molecule has 4 rings (SSSR count). The zero-order valence-corrected chi connectivity index (χ0v) is 31.2. The third-order valence-electron chi connectivity index (χ3n) is 8.10. The molecule has 1 unspecified atom stereocenters. The molecule has 0 spiro atoms. The number of nitrogens with one attached hydrogen (secondary N) is 2. The van der Waals surface area contributed by atoms with E-state index in [9.17, 15) is 37.5 Å². The number of alkyl carbamates (subject to hydrolysis) is 1. The molecule has 0 aliphatic carbocycles. The summed E-state index contributed by atoms with van der Waals surface area (Å²) in [5, 5.41) is 14.4. The molecule has 0 saturated carbocycles. The second-order valence-corrected chi connectivity index (χ2v) is 15.2. The molecular formula is C36H39Cl2N3O11S. The Morgan fingerprint density at radius 1 is 0.925 bits per heavy atom. The van der Waals surface area contributed by atoms with Crippen molar-refractivity contribution in [2.24, 2.45) is 5.92 Å². The first-order valence-corrected chi connectivity index (χ1v) is 18.7. The lowest BCUT2D eigenvalue weighted by Gasteiger charge is -2.27. The number of sulfonamides is 1. The number of carboxylic acids is 1. The van der Waals surface area contributed by atoms with Crippen molar-refractivity contribution in [2.45, 2.75) is 56.2 Å². The Labute approximate surface area is 316 Å². The van der Waals surface area contributed by atoms with Crippen molar-refractivity contribution in [3.8, 4) is 5.75 Å². The normalized spacial score (nSPS) is 15.1. The predicted octanol–water partition coefficient (Wildman–Crippen LogP) is 4.36. The van der Waals surface area contributed by atoms with Crippen LogP contribution in [-0.4, -0.2) is 86.4 Å². The van der Waals surface area contributed by atoms with Crippen LogP contribution in [0.1, 0.15) is 42.9 Å². The lowest BCUT2D eigenvalue weighted by atomic mass is 10.0. The summed E-state index contributed by atoms with van der Waals surface area (Å²) in [5.41, 5.74) is 0.945. The average Bonchev–Trinajstić information content (AvgIpc) is 3.13. The van der Waals surface area contributed by atoms with Crippen molar-refractivity contribution in [1.29, 1.82) is 0 Å². The van der Waals surface area contributed by atoms with Crippen LogP contribution in [0.5, 0.6) is 5.75 Å². The maximum Gasteiger partial charge on any atom is 0.408 e. The molecule has 1 aliphatic rings. The minimum absolute atomic E-state index is 0.0179. The first-order chi connectivity index (χ1) is 25.2. The number of benzene rings is 3. The van der Waals surface area contributed by atoms with Crippen LogP contribution >= 0.6 is 23.2 Å². The van der Waals surface area contributed by atoms with Crippen LogP contribution in [0, 0.1) is 5.92 Å². The summed E-state index contributed by atoms with van der Waals surface area (Å²) >= 11 is 12.8. The van der Waals surface area contributed by atoms with Gasteiger partial charge in [0.05, 0.1) is 18.2 Å². The standard InChI is InChI=1S/C36H39Cl2N3O11S/c1-22(2)18-28(40-36(47)51-21-24-6-4-3-5-7-24)33(43)39-29(34(44)45)19-23-8-10-25(11-9-23)52-35(46)26(20-42)31-27(37)12-13-30(32(31)38)53(48,49)41-14-16-50-17-15-41/h3-13,20,22,26,28-29H,14-19,21H2,1-2H3,(H,39,43)(H,40,47)(H,44,45)/t26?,28-,29-/m0/s1. The molecule has 53 heavy (non-hydrogen) atoms. The van der Waals surface area contributed by atoms with E-state index in [1.54, 1.807) is 24.3 Å². The summed E-state index contributed by atoms with van der Waals surface area (Å²) in [7, 11) is -4.11. The summed E-state index contributed by atoms with van der Waals surface area (Å²) in [6.07, 6.45) is -0.558. The Hall–Kier alpha value is -4.54. The summed E-state index contributed by atoms with van der Waals surface area (Å²) in [6.45, 7) is 4.23. The fraction of sp³-hybridized carbons (Fsp3) is 0.361. The molecule has 0 bridgehead atoms. The van der Waals surface area contributed by atoms with Gasteiger partial charge in [0.2, 0.25) is 15.9 Å². The van der Waals surface area contributed by atoms with Crippen LogP contribution in [-0.2, 0) is 51.7 Å². The van der Waals surface area contributed by atoms with E-state index in [0.29, 0.717) is 5.56 Å². The molecule has 0 aromatic heterocycles. The molecular weight excluding hydrogens is 753 g/mol. The SMILES string of the molecule is CC(C)C[C@H](NC(=O)OCc1ccccc1)C(=O)N[C@@H](Cc1ccc(OC(=O)C(C=O)c2c(Cl)ccc(S(=O)(=O)N3CCOCC3)c2Cl)cc1)C(=O)O. The minimum Gasteiger partial charge on any atom is -0.480 e. The van der Waals surface area contributed by atoms with Gasteiger partial charge in [-0.3, -0.25) is 9.59 Å². The molecule has 0 radical (unpaired) electrons. The number of hydrogen-bond donors (Lipinski definition) is 3. The quantitative estimate of drug-likeness (QED) is 0.0808. The van der Waals surface area contributed by atoms with Gasteiger partial charge in [-0.2, -0.15) is 4.31 Å². The number of carboxylic acid groups (broad SMARTS) is 1. The third kappa shape index (κ3) is 11.2. The number of aldehydes is 1.